The number of halogens is 1. The summed E-state index contributed by atoms with van der Waals surface area (Å²) in [6.07, 6.45) is 0.797. The third-order valence-corrected chi connectivity index (χ3v) is 4.53. The van der Waals surface area contributed by atoms with E-state index >= 15 is 0 Å². The van der Waals surface area contributed by atoms with Gasteiger partial charge in [0, 0.05) is 24.1 Å². The monoisotopic (exact) mass is 467 g/mol. The molecule has 8 nitrogen and oxygen atoms in total. The predicted octanol–water partition coefficient (Wildman–Crippen LogP) is 5.46. The van der Waals surface area contributed by atoms with Gasteiger partial charge in [-0.2, -0.15) is 4.98 Å². The summed E-state index contributed by atoms with van der Waals surface area (Å²) < 4.78 is 5.27. The molecule has 0 atom stereocenters. The summed E-state index contributed by atoms with van der Waals surface area (Å²) in [5, 5.41) is 8.61. The van der Waals surface area contributed by atoms with Gasteiger partial charge in [-0.3, -0.25) is 10.1 Å². The number of carbonyl (C=O) groups excluding carboxylic acids is 2. The van der Waals surface area contributed by atoms with E-state index in [9.17, 15) is 9.59 Å². The summed E-state index contributed by atoms with van der Waals surface area (Å²) in [5.74, 6) is -0.108. The van der Waals surface area contributed by atoms with Crippen molar-refractivity contribution in [1.82, 2.24) is 15.3 Å². The van der Waals surface area contributed by atoms with Crippen molar-refractivity contribution in [1.29, 1.82) is 0 Å². The van der Waals surface area contributed by atoms with Crippen LogP contribution in [0.1, 0.15) is 42.3 Å². The molecule has 1 aromatic heterocycles. The van der Waals surface area contributed by atoms with E-state index in [4.69, 9.17) is 16.3 Å². The lowest BCUT2D eigenvalue weighted by Gasteiger charge is -2.20. The number of hydrogen-bond donors (Lipinski definition) is 3. The zero-order valence-corrected chi connectivity index (χ0v) is 19.7. The number of nitrogens with zero attached hydrogens (tertiary/aromatic N) is 2. The second-order valence-corrected chi connectivity index (χ2v) is 8.74. The molecule has 33 heavy (non-hydrogen) atoms. The zero-order valence-electron chi connectivity index (χ0n) is 18.9. The van der Waals surface area contributed by atoms with E-state index in [0.717, 1.165) is 11.1 Å². The van der Waals surface area contributed by atoms with E-state index in [2.05, 4.69) is 25.9 Å². The van der Waals surface area contributed by atoms with Crippen LogP contribution in [0.25, 0.3) is 0 Å². The molecule has 172 valence electrons. The van der Waals surface area contributed by atoms with Gasteiger partial charge in [0.2, 0.25) is 5.28 Å². The van der Waals surface area contributed by atoms with Gasteiger partial charge < -0.3 is 15.4 Å². The van der Waals surface area contributed by atoms with Crippen molar-refractivity contribution >= 4 is 40.8 Å². The third kappa shape index (κ3) is 7.47. The Morgan fingerprint density at radius 3 is 2.45 bits per heavy atom. The smallest absolute Gasteiger partial charge is 0.412 e. The Morgan fingerprint density at radius 1 is 1.06 bits per heavy atom. The molecule has 0 fully saturated rings. The van der Waals surface area contributed by atoms with Crippen LogP contribution in [0.15, 0.2) is 54.7 Å². The quantitative estimate of drug-likeness (QED) is 0.416. The van der Waals surface area contributed by atoms with Gasteiger partial charge in [0.15, 0.2) is 0 Å². The van der Waals surface area contributed by atoms with E-state index in [-0.39, 0.29) is 22.6 Å². The first-order chi connectivity index (χ1) is 15.6. The average molecular weight is 468 g/mol. The normalized spacial score (nSPS) is 10.9. The van der Waals surface area contributed by atoms with Crippen LogP contribution in [0.5, 0.6) is 0 Å². The summed E-state index contributed by atoms with van der Waals surface area (Å²) in [4.78, 5) is 33.0. The van der Waals surface area contributed by atoms with Crippen LogP contribution in [-0.2, 0) is 11.3 Å². The topological polar surface area (TPSA) is 105 Å². The molecule has 3 aromatic rings. The Balaban J connectivity index is 1.73. The Morgan fingerprint density at radius 2 is 1.76 bits per heavy atom. The van der Waals surface area contributed by atoms with Crippen LogP contribution >= 0.6 is 11.6 Å². The predicted molar refractivity (Wildman–Crippen MR) is 129 cm³/mol. The zero-order chi connectivity index (χ0) is 24.0. The molecular weight excluding hydrogens is 442 g/mol. The summed E-state index contributed by atoms with van der Waals surface area (Å²) in [7, 11) is 0. The highest BCUT2D eigenvalue weighted by Gasteiger charge is 2.17. The van der Waals surface area contributed by atoms with Crippen molar-refractivity contribution < 1.29 is 14.3 Å². The summed E-state index contributed by atoms with van der Waals surface area (Å²) in [6, 6.07) is 14.8. The Labute approximate surface area is 197 Å². The van der Waals surface area contributed by atoms with Gasteiger partial charge >= 0.3 is 6.09 Å². The molecule has 0 aliphatic carbocycles. The highest BCUT2D eigenvalue weighted by atomic mass is 35.5. The fourth-order valence-corrected chi connectivity index (χ4v) is 2.97. The number of aryl methyl sites for hydroxylation is 1. The number of carbonyl (C=O) groups is 2. The lowest BCUT2D eigenvalue weighted by atomic mass is 10.1. The number of aromatic nitrogens is 2. The molecule has 2 aromatic carbocycles. The van der Waals surface area contributed by atoms with Gasteiger partial charge in [-0.1, -0.05) is 35.9 Å². The third-order valence-electron chi connectivity index (χ3n) is 4.35. The fourth-order valence-electron chi connectivity index (χ4n) is 2.84. The van der Waals surface area contributed by atoms with Crippen molar-refractivity contribution in [2.75, 3.05) is 10.6 Å². The van der Waals surface area contributed by atoms with Crippen molar-refractivity contribution in [2.45, 2.75) is 39.8 Å². The van der Waals surface area contributed by atoms with Crippen LogP contribution in [0, 0.1) is 6.92 Å². The minimum atomic E-state index is -0.613. The maximum atomic E-state index is 12.8. The van der Waals surface area contributed by atoms with E-state index in [0.29, 0.717) is 17.9 Å². The lowest BCUT2D eigenvalue weighted by molar-refractivity contribution is 0.0635. The number of ether oxygens (including phenoxy) is 1. The minimum Gasteiger partial charge on any atom is -0.444 e. The number of anilines is 3. The fraction of sp³-hybridized carbons (Fsp3) is 0.250. The van der Waals surface area contributed by atoms with Gasteiger partial charge in [0.25, 0.3) is 5.91 Å². The van der Waals surface area contributed by atoms with Crippen molar-refractivity contribution in [3.05, 3.63) is 76.7 Å². The second kappa shape index (κ2) is 10.3. The van der Waals surface area contributed by atoms with Gasteiger partial charge in [-0.05, 0) is 63.1 Å². The van der Waals surface area contributed by atoms with E-state index in [1.165, 1.54) is 6.20 Å². The molecule has 9 heteroatoms. The molecule has 0 unspecified atom stereocenters. The maximum absolute atomic E-state index is 12.8. The number of amides is 2. The number of hydrogen-bond acceptors (Lipinski definition) is 6. The number of benzene rings is 2. The van der Waals surface area contributed by atoms with Crippen LogP contribution in [0.4, 0.5) is 22.0 Å². The van der Waals surface area contributed by atoms with Crippen LogP contribution in [0.3, 0.4) is 0 Å². The van der Waals surface area contributed by atoms with Crippen molar-refractivity contribution in [3.8, 4) is 0 Å². The second-order valence-electron chi connectivity index (χ2n) is 8.40. The molecule has 3 rings (SSSR count). The standard InChI is InChI=1S/C24H26ClN5O3/c1-15-8-10-16(11-9-15)13-26-21(31)19-14-27-22(25)30-20(19)28-17-6-5-7-18(12-17)29-23(32)33-24(2,3)4/h5-12,14H,13H2,1-4H3,(H,26,31)(H,29,32)(H,27,28,30). The molecule has 0 saturated heterocycles. The van der Waals surface area contributed by atoms with E-state index in [1.807, 2.05) is 31.2 Å². The molecule has 0 bridgehead atoms. The minimum absolute atomic E-state index is 0.00406. The maximum Gasteiger partial charge on any atom is 0.412 e. The van der Waals surface area contributed by atoms with Crippen molar-refractivity contribution in [2.24, 2.45) is 0 Å². The first-order valence-electron chi connectivity index (χ1n) is 10.3. The van der Waals surface area contributed by atoms with Crippen molar-refractivity contribution in [3.63, 3.8) is 0 Å². The summed E-state index contributed by atoms with van der Waals surface area (Å²) >= 11 is 5.97. The highest BCUT2D eigenvalue weighted by Crippen LogP contribution is 2.23. The number of nitrogens with one attached hydrogen (secondary N) is 3. The Bertz CT molecular complexity index is 1140. The van der Waals surface area contributed by atoms with Gasteiger partial charge in [0.05, 0.1) is 0 Å². The SMILES string of the molecule is Cc1ccc(CNC(=O)c2cnc(Cl)nc2Nc2cccc(NC(=O)OC(C)(C)C)c2)cc1. The average Bonchev–Trinajstić information content (AvgIpc) is 2.72. The molecule has 0 aliphatic heterocycles. The molecular formula is C24H26ClN5O3. The molecule has 0 aliphatic rings. The Kier molecular flexibility index (Phi) is 7.50. The van der Waals surface area contributed by atoms with Crippen LogP contribution in [0.2, 0.25) is 5.28 Å². The highest BCUT2D eigenvalue weighted by molar-refractivity contribution is 6.28. The summed E-state index contributed by atoms with van der Waals surface area (Å²) in [5.41, 5.74) is 2.84. The van der Waals surface area contributed by atoms with Crippen LogP contribution in [-0.4, -0.2) is 27.6 Å². The van der Waals surface area contributed by atoms with E-state index in [1.54, 1.807) is 45.0 Å². The first-order valence-corrected chi connectivity index (χ1v) is 10.7. The molecule has 0 radical (unpaired) electrons. The van der Waals surface area contributed by atoms with Gasteiger partial charge in [-0.25, -0.2) is 9.78 Å². The van der Waals surface area contributed by atoms with E-state index < -0.39 is 11.7 Å². The number of rotatable bonds is 6. The largest absolute Gasteiger partial charge is 0.444 e. The van der Waals surface area contributed by atoms with Gasteiger partial charge in [-0.15, -0.1) is 0 Å². The Hall–Kier alpha value is -3.65. The van der Waals surface area contributed by atoms with Gasteiger partial charge in [0.1, 0.15) is 17.0 Å². The summed E-state index contributed by atoms with van der Waals surface area (Å²) in [6.45, 7) is 7.72. The molecule has 0 saturated carbocycles. The van der Waals surface area contributed by atoms with Crippen LogP contribution < -0.4 is 16.0 Å². The molecule has 2 amide bonds. The molecule has 0 spiro atoms. The molecule has 1 heterocycles. The lowest BCUT2D eigenvalue weighted by Crippen LogP contribution is -2.27. The molecule has 3 N–H and O–H groups in total. The first kappa shape index (κ1) is 24.0.